The first-order valence-electron chi connectivity index (χ1n) is 7.97. The molecule has 0 radical (unpaired) electrons. The van der Waals surface area contributed by atoms with Crippen molar-refractivity contribution < 1.29 is 14.3 Å². The second-order valence-corrected chi connectivity index (χ2v) is 5.71. The summed E-state index contributed by atoms with van der Waals surface area (Å²) in [5, 5.41) is 0. The molecular formula is C21H19NO3. The van der Waals surface area contributed by atoms with Crippen molar-refractivity contribution in [2.24, 2.45) is 0 Å². The van der Waals surface area contributed by atoms with Crippen LogP contribution in [0.1, 0.15) is 21.5 Å². The number of hydrogen-bond donors (Lipinski definition) is 1. The van der Waals surface area contributed by atoms with Crippen LogP contribution in [0.5, 0.6) is 11.5 Å². The highest BCUT2D eigenvalue weighted by Crippen LogP contribution is 2.25. The van der Waals surface area contributed by atoms with Crippen molar-refractivity contribution in [3.05, 3.63) is 89.5 Å². The van der Waals surface area contributed by atoms with Crippen LogP contribution < -0.4 is 10.5 Å². The fraction of sp³-hybridized carbons (Fsp3) is 0.0952. The van der Waals surface area contributed by atoms with Crippen LogP contribution in [0.3, 0.4) is 0 Å². The second kappa shape index (κ2) is 7.53. The molecule has 0 atom stereocenters. The van der Waals surface area contributed by atoms with E-state index in [9.17, 15) is 4.79 Å². The quantitative estimate of drug-likeness (QED) is 0.542. The Bertz CT molecular complexity index is 858. The van der Waals surface area contributed by atoms with Crippen LogP contribution in [0, 0.1) is 6.92 Å². The molecule has 4 heteroatoms. The third kappa shape index (κ3) is 4.38. The van der Waals surface area contributed by atoms with E-state index in [1.54, 1.807) is 30.3 Å². The summed E-state index contributed by atoms with van der Waals surface area (Å²) in [5.41, 5.74) is 8.92. The molecule has 0 aliphatic heterocycles. The predicted octanol–water partition coefficient (Wildman–Crippen LogP) is 4.73. The maximum absolute atomic E-state index is 12.1. The van der Waals surface area contributed by atoms with Crippen molar-refractivity contribution in [3.8, 4) is 11.5 Å². The molecule has 126 valence electrons. The Morgan fingerprint density at radius 2 is 1.60 bits per heavy atom. The van der Waals surface area contributed by atoms with Crippen LogP contribution in [0.25, 0.3) is 0 Å². The number of carbonyl (C=O) groups excluding carboxylic acids is 1. The molecule has 2 N–H and O–H groups in total. The summed E-state index contributed by atoms with van der Waals surface area (Å²) in [7, 11) is 0. The van der Waals surface area contributed by atoms with Crippen molar-refractivity contribution in [2.75, 3.05) is 5.73 Å². The molecule has 25 heavy (non-hydrogen) atoms. The minimum Gasteiger partial charge on any atom is -0.457 e. The lowest BCUT2D eigenvalue weighted by Gasteiger charge is -2.09. The molecular weight excluding hydrogens is 314 g/mol. The van der Waals surface area contributed by atoms with Crippen LogP contribution in [-0.4, -0.2) is 5.97 Å². The lowest BCUT2D eigenvalue weighted by atomic mass is 10.2. The van der Waals surface area contributed by atoms with Crippen LogP contribution >= 0.6 is 0 Å². The maximum atomic E-state index is 12.1. The number of aryl methyl sites for hydroxylation is 1. The number of benzene rings is 3. The summed E-state index contributed by atoms with van der Waals surface area (Å²) < 4.78 is 11.1. The Morgan fingerprint density at radius 1 is 0.920 bits per heavy atom. The lowest BCUT2D eigenvalue weighted by molar-refractivity contribution is 0.0472. The van der Waals surface area contributed by atoms with Gasteiger partial charge in [0.2, 0.25) is 0 Å². The third-order valence-electron chi connectivity index (χ3n) is 3.78. The molecule has 3 aromatic rings. The van der Waals surface area contributed by atoms with Crippen molar-refractivity contribution in [3.63, 3.8) is 0 Å². The SMILES string of the molecule is Cc1cc(Oc2ccc(C(=O)OCc3ccccc3)cc2)ccc1N. The normalized spacial score (nSPS) is 10.3. The van der Waals surface area contributed by atoms with Gasteiger partial charge < -0.3 is 15.2 Å². The van der Waals surface area contributed by atoms with Crippen LogP contribution in [-0.2, 0) is 11.3 Å². The topological polar surface area (TPSA) is 61.5 Å². The monoisotopic (exact) mass is 333 g/mol. The molecule has 0 heterocycles. The fourth-order valence-corrected chi connectivity index (χ4v) is 2.31. The van der Waals surface area contributed by atoms with Gasteiger partial charge in [0.25, 0.3) is 0 Å². The summed E-state index contributed by atoms with van der Waals surface area (Å²) in [4.78, 5) is 12.1. The first-order chi connectivity index (χ1) is 12.1. The zero-order valence-corrected chi connectivity index (χ0v) is 13.9. The Kier molecular flexibility index (Phi) is 5.00. The van der Waals surface area contributed by atoms with Gasteiger partial charge in [-0.3, -0.25) is 0 Å². The largest absolute Gasteiger partial charge is 0.457 e. The lowest BCUT2D eigenvalue weighted by Crippen LogP contribution is -2.05. The molecule has 0 bridgehead atoms. The number of esters is 1. The van der Waals surface area contributed by atoms with Crippen molar-refractivity contribution in [2.45, 2.75) is 13.5 Å². The Labute approximate surface area is 146 Å². The second-order valence-electron chi connectivity index (χ2n) is 5.71. The summed E-state index contributed by atoms with van der Waals surface area (Å²) in [6, 6.07) is 21.9. The summed E-state index contributed by atoms with van der Waals surface area (Å²) in [5.74, 6) is 0.980. The van der Waals surface area contributed by atoms with E-state index in [1.165, 1.54) is 0 Å². The molecule has 0 amide bonds. The van der Waals surface area contributed by atoms with Crippen molar-refractivity contribution >= 4 is 11.7 Å². The van der Waals surface area contributed by atoms with Crippen molar-refractivity contribution in [1.82, 2.24) is 0 Å². The third-order valence-corrected chi connectivity index (χ3v) is 3.78. The van der Waals surface area contributed by atoms with E-state index in [0.29, 0.717) is 17.1 Å². The Morgan fingerprint density at radius 3 is 2.28 bits per heavy atom. The van der Waals surface area contributed by atoms with E-state index in [0.717, 1.165) is 16.8 Å². The molecule has 3 rings (SSSR count). The number of carbonyl (C=O) groups is 1. The standard InChI is InChI=1S/C21H19NO3/c1-15-13-19(11-12-20(15)22)25-18-9-7-17(8-10-18)21(23)24-14-16-5-3-2-4-6-16/h2-13H,14,22H2,1H3. The highest BCUT2D eigenvalue weighted by atomic mass is 16.5. The van der Waals surface area contributed by atoms with Crippen LogP contribution in [0.2, 0.25) is 0 Å². The van der Waals surface area contributed by atoms with Crippen LogP contribution in [0.4, 0.5) is 5.69 Å². The van der Waals surface area contributed by atoms with Gasteiger partial charge in [0.05, 0.1) is 5.56 Å². The van der Waals surface area contributed by atoms with E-state index >= 15 is 0 Å². The highest BCUT2D eigenvalue weighted by molar-refractivity contribution is 5.89. The van der Waals surface area contributed by atoms with E-state index < -0.39 is 0 Å². The maximum Gasteiger partial charge on any atom is 0.338 e. The predicted molar refractivity (Wildman–Crippen MR) is 97.7 cm³/mol. The average Bonchev–Trinajstić information content (AvgIpc) is 2.64. The minimum atomic E-state index is -0.362. The highest BCUT2D eigenvalue weighted by Gasteiger charge is 2.08. The zero-order chi connectivity index (χ0) is 17.6. The van der Waals surface area contributed by atoms with E-state index in [4.69, 9.17) is 15.2 Å². The van der Waals surface area contributed by atoms with Crippen LogP contribution in [0.15, 0.2) is 72.8 Å². The molecule has 3 aromatic carbocycles. The molecule has 0 aliphatic rings. The molecule has 4 nitrogen and oxygen atoms in total. The van der Waals surface area contributed by atoms with Gasteiger partial charge in [-0.25, -0.2) is 4.79 Å². The van der Waals surface area contributed by atoms with Gasteiger partial charge in [-0.1, -0.05) is 30.3 Å². The van der Waals surface area contributed by atoms with Gasteiger partial charge in [0.1, 0.15) is 18.1 Å². The molecule has 0 saturated carbocycles. The molecule has 0 saturated heterocycles. The number of nitrogen functional groups attached to an aromatic ring is 1. The van der Waals surface area contributed by atoms with Gasteiger partial charge in [-0.05, 0) is 60.5 Å². The van der Waals surface area contributed by atoms with Gasteiger partial charge >= 0.3 is 5.97 Å². The molecule has 0 aliphatic carbocycles. The molecule has 0 fully saturated rings. The average molecular weight is 333 g/mol. The van der Waals surface area contributed by atoms with E-state index in [1.807, 2.05) is 49.4 Å². The number of anilines is 1. The molecule has 0 unspecified atom stereocenters. The van der Waals surface area contributed by atoms with Crippen molar-refractivity contribution in [1.29, 1.82) is 0 Å². The van der Waals surface area contributed by atoms with E-state index in [2.05, 4.69) is 0 Å². The Hall–Kier alpha value is -3.27. The fourth-order valence-electron chi connectivity index (χ4n) is 2.31. The first kappa shape index (κ1) is 16.6. The van der Waals surface area contributed by atoms with Gasteiger partial charge in [-0.2, -0.15) is 0 Å². The minimum absolute atomic E-state index is 0.253. The van der Waals surface area contributed by atoms with Gasteiger partial charge in [0, 0.05) is 5.69 Å². The smallest absolute Gasteiger partial charge is 0.338 e. The summed E-state index contributed by atoms with van der Waals surface area (Å²) >= 11 is 0. The zero-order valence-electron chi connectivity index (χ0n) is 13.9. The Balaban J connectivity index is 1.61. The number of rotatable bonds is 5. The molecule has 0 aromatic heterocycles. The van der Waals surface area contributed by atoms with Gasteiger partial charge in [-0.15, -0.1) is 0 Å². The number of ether oxygens (including phenoxy) is 2. The summed E-state index contributed by atoms with van der Waals surface area (Å²) in [6.45, 7) is 2.18. The number of hydrogen-bond acceptors (Lipinski definition) is 4. The van der Waals surface area contributed by atoms with E-state index in [-0.39, 0.29) is 12.6 Å². The van der Waals surface area contributed by atoms with Gasteiger partial charge in [0.15, 0.2) is 0 Å². The summed E-state index contributed by atoms with van der Waals surface area (Å²) in [6.07, 6.45) is 0. The first-order valence-corrected chi connectivity index (χ1v) is 7.97. The number of nitrogens with two attached hydrogens (primary N) is 1. The molecule has 0 spiro atoms.